The summed E-state index contributed by atoms with van der Waals surface area (Å²) < 4.78 is 10.7. The lowest BCUT2D eigenvalue weighted by Gasteiger charge is -2.41. The van der Waals surface area contributed by atoms with Gasteiger partial charge in [-0.2, -0.15) is 0 Å². The lowest BCUT2D eigenvalue weighted by Crippen LogP contribution is -2.67. The average molecular weight is 491 g/mol. The van der Waals surface area contributed by atoms with Crippen molar-refractivity contribution in [3.05, 3.63) is 35.9 Å². The van der Waals surface area contributed by atoms with Gasteiger partial charge in [0.25, 0.3) is 5.91 Å². The van der Waals surface area contributed by atoms with Crippen LogP contribution in [0.2, 0.25) is 0 Å². The van der Waals surface area contributed by atoms with Gasteiger partial charge < -0.3 is 25.4 Å². The number of benzene rings is 1. The Labute approximate surface area is 207 Å². The minimum Gasteiger partial charge on any atom is -0.460 e. The number of nitrogens with zero attached hydrogens (tertiary/aromatic N) is 1. The minimum absolute atomic E-state index is 0.00781. The monoisotopic (exact) mass is 490 g/mol. The topological polar surface area (TPSA) is 126 Å². The highest BCUT2D eigenvalue weighted by Crippen LogP contribution is 2.16. The Bertz CT molecular complexity index is 907. The number of nitrogens with one attached hydrogen (secondary N) is 3. The second-order valence-corrected chi connectivity index (χ2v) is 10.7. The third-order valence-electron chi connectivity index (χ3n) is 5.03. The van der Waals surface area contributed by atoms with Crippen molar-refractivity contribution in [3.63, 3.8) is 0 Å². The summed E-state index contributed by atoms with van der Waals surface area (Å²) in [5.41, 5.74) is -0.896. The molecule has 0 spiro atoms. The van der Waals surface area contributed by atoms with Gasteiger partial charge in [0.05, 0.1) is 18.5 Å². The zero-order chi connectivity index (χ0) is 26.4. The molecule has 1 aromatic carbocycles. The van der Waals surface area contributed by atoms with Crippen molar-refractivity contribution < 1.29 is 28.7 Å². The molecular formula is C25H38N4O6. The van der Waals surface area contributed by atoms with E-state index in [0.717, 1.165) is 0 Å². The van der Waals surface area contributed by atoms with Crippen molar-refractivity contribution in [3.8, 4) is 0 Å². The molecule has 10 heteroatoms. The molecule has 1 aromatic rings. The van der Waals surface area contributed by atoms with Gasteiger partial charge in [-0.3, -0.25) is 19.3 Å². The normalized spacial score (nSPS) is 19.8. The molecule has 2 rings (SSSR count). The number of alkyl carbamates (subject to hydrolysis) is 1. The molecule has 1 saturated heterocycles. The molecule has 0 saturated carbocycles. The number of esters is 1. The molecule has 3 N–H and O–H groups in total. The smallest absolute Gasteiger partial charge is 0.408 e. The number of likely N-dealkylation sites (N-methyl/N-ethyl adjacent to an activating group) is 1. The van der Waals surface area contributed by atoms with Gasteiger partial charge in [-0.25, -0.2) is 4.79 Å². The van der Waals surface area contributed by atoms with Crippen LogP contribution >= 0.6 is 0 Å². The molecule has 0 bridgehead atoms. The van der Waals surface area contributed by atoms with Crippen LogP contribution in [0.15, 0.2) is 30.3 Å². The second kappa shape index (κ2) is 11.5. The van der Waals surface area contributed by atoms with E-state index >= 15 is 0 Å². The summed E-state index contributed by atoms with van der Waals surface area (Å²) in [6, 6.07) is 6.62. The summed E-state index contributed by atoms with van der Waals surface area (Å²) in [5, 5.41) is 8.36. The summed E-state index contributed by atoms with van der Waals surface area (Å²) in [6.45, 7) is 10.9. The van der Waals surface area contributed by atoms with E-state index in [1.807, 2.05) is 0 Å². The first kappa shape index (κ1) is 28.1. The zero-order valence-electron chi connectivity index (χ0n) is 21.6. The number of piperazine rings is 1. The molecule has 194 valence electrons. The van der Waals surface area contributed by atoms with Crippen molar-refractivity contribution in [2.75, 3.05) is 20.1 Å². The van der Waals surface area contributed by atoms with E-state index in [0.29, 0.717) is 12.1 Å². The third-order valence-corrected chi connectivity index (χ3v) is 5.03. The van der Waals surface area contributed by atoms with Gasteiger partial charge in [0.1, 0.15) is 17.2 Å². The van der Waals surface area contributed by atoms with Gasteiger partial charge in [0, 0.05) is 18.7 Å². The van der Waals surface area contributed by atoms with Gasteiger partial charge >= 0.3 is 12.1 Å². The Morgan fingerprint density at radius 1 is 1.06 bits per heavy atom. The molecule has 1 aliphatic rings. The van der Waals surface area contributed by atoms with Gasteiger partial charge in [-0.1, -0.05) is 18.2 Å². The predicted octanol–water partition coefficient (Wildman–Crippen LogP) is 1.84. The first-order valence-electron chi connectivity index (χ1n) is 11.7. The second-order valence-electron chi connectivity index (χ2n) is 10.7. The zero-order valence-corrected chi connectivity index (χ0v) is 21.6. The molecule has 1 fully saturated rings. The Morgan fingerprint density at radius 3 is 2.20 bits per heavy atom. The lowest BCUT2D eigenvalue weighted by molar-refractivity contribution is -0.156. The summed E-state index contributed by atoms with van der Waals surface area (Å²) >= 11 is 0. The minimum atomic E-state index is -0.798. The van der Waals surface area contributed by atoms with Crippen LogP contribution in [0.4, 0.5) is 4.79 Å². The quantitative estimate of drug-likeness (QED) is 0.498. The Kier molecular flexibility index (Phi) is 9.25. The van der Waals surface area contributed by atoms with Gasteiger partial charge in [-0.05, 0) is 60.7 Å². The summed E-state index contributed by atoms with van der Waals surface area (Å²) in [5.74, 6) is -1.11. The summed E-state index contributed by atoms with van der Waals surface area (Å²) in [4.78, 5) is 52.2. The Balaban J connectivity index is 2.12. The molecule has 3 amide bonds. The van der Waals surface area contributed by atoms with E-state index in [2.05, 4.69) is 16.0 Å². The van der Waals surface area contributed by atoms with Crippen LogP contribution in [0, 0.1) is 0 Å². The maximum absolute atomic E-state index is 13.1. The molecule has 0 aromatic heterocycles. The third kappa shape index (κ3) is 9.56. The number of hydrogen-bond acceptors (Lipinski definition) is 7. The maximum atomic E-state index is 13.1. The highest BCUT2D eigenvalue weighted by molar-refractivity contribution is 5.94. The fraction of sp³-hybridized carbons (Fsp3) is 0.600. The number of amides is 3. The number of carbonyl (C=O) groups excluding carboxylic acids is 4. The maximum Gasteiger partial charge on any atom is 0.408 e. The summed E-state index contributed by atoms with van der Waals surface area (Å²) in [6.07, 6.45) is -0.678. The average Bonchev–Trinajstić information content (AvgIpc) is 2.68. The van der Waals surface area contributed by atoms with E-state index in [9.17, 15) is 19.2 Å². The van der Waals surface area contributed by atoms with E-state index < -0.39 is 41.4 Å². The Morgan fingerprint density at radius 2 is 1.66 bits per heavy atom. The van der Waals surface area contributed by atoms with E-state index in [-0.39, 0.29) is 24.8 Å². The number of hydrogen-bond donors (Lipinski definition) is 3. The fourth-order valence-corrected chi connectivity index (χ4v) is 3.78. The first-order chi connectivity index (χ1) is 16.1. The summed E-state index contributed by atoms with van der Waals surface area (Å²) in [7, 11) is 1.73. The van der Waals surface area contributed by atoms with E-state index in [4.69, 9.17) is 9.47 Å². The molecule has 0 aliphatic carbocycles. The van der Waals surface area contributed by atoms with Crippen LogP contribution in [0.5, 0.6) is 0 Å². The van der Waals surface area contributed by atoms with Gasteiger partial charge in [0.15, 0.2) is 0 Å². The van der Waals surface area contributed by atoms with Crippen LogP contribution in [0.3, 0.4) is 0 Å². The molecule has 35 heavy (non-hydrogen) atoms. The molecule has 10 nitrogen and oxygen atoms in total. The Hall–Kier alpha value is -3.14. The first-order valence-corrected chi connectivity index (χ1v) is 11.7. The van der Waals surface area contributed by atoms with Gasteiger partial charge in [-0.15, -0.1) is 0 Å². The number of rotatable bonds is 7. The molecule has 1 aliphatic heterocycles. The lowest BCUT2D eigenvalue weighted by atomic mass is 9.99. The number of ether oxygens (including phenoxy) is 2. The predicted molar refractivity (Wildman–Crippen MR) is 131 cm³/mol. The van der Waals surface area contributed by atoms with Crippen LogP contribution in [0.1, 0.15) is 58.3 Å². The van der Waals surface area contributed by atoms with Crippen LogP contribution < -0.4 is 16.0 Å². The van der Waals surface area contributed by atoms with Crippen molar-refractivity contribution in [2.45, 2.75) is 77.3 Å². The van der Waals surface area contributed by atoms with Crippen LogP contribution in [-0.4, -0.2) is 78.2 Å². The molecular weight excluding hydrogens is 452 g/mol. The van der Waals surface area contributed by atoms with Crippen molar-refractivity contribution in [2.24, 2.45) is 0 Å². The van der Waals surface area contributed by atoms with E-state index in [1.54, 1.807) is 83.8 Å². The van der Waals surface area contributed by atoms with Crippen molar-refractivity contribution in [1.29, 1.82) is 0 Å². The van der Waals surface area contributed by atoms with E-state index in [1.165, 1.54) is 0 Å². The SMILES string of the molecule is CN1C[C@H](CC(=O)OC(C)(C)C)NC(=O)[C@@H]1[C@@H](CNC(=O)c1ccccc1)NC(=O)OC(C)(C)C. The molecule has 0 radical (unpaired) electrons. The van der Waals surface area contributed by atoms with Crippen molar-refractivity contribution >= 4 is 23.9 Å². The largest absolute Gasteiger partial charge is 0.460 e. The standard InChI is InChI=1S/C25H38N4O6/c1-24(2,3)34-19(30)13-17-15-29(7)20(22(32)27-17)18(28-23(33)35-25(4,5)6)14-26-21(31)16-11-9-8-10-12-16/h8-12,17-18,20H,13-15H2,1-7H3,(H,26,31)(H,27,32)(H,28,33)/t17-,18+,20-/m0/s1. The van der Waals surface area contributed by atoms with Crippen LogP contribution in [-0.2, 0) is 19.1 Å². The molecule has 3 atom stereocenters. The number of carbonyl (C=O) groups is 4. The van der Waals surface area contributed by atoms with Gasteiger partial charge in [0.2, 0.25) is 5.91 Å². The fourth-order valence-electron chi connectivity index (χ4n) is 3.78. The molecule has 0 unspecified atom stereocenters. The van der Waals surface area contributed by atoms with Crippen LogP contribution in [0.25, 0.3) is 0 Å². The molecule has 1 heterocycles. The highest BCUT2D eigenvalue weighted by atomic mass is 16.6. The highest BCUT2D eigenvalue weighted by Gasteiger charge is 2.40. The van der Waals surface area contributed by atoms with Crippen molar-refractivity contribution in [1.82, 2.24) is 20.9 Å².